The number of aromatic nitrogens is 3. The average molecular weight is 384 g/mol. The van der Waals surface area contributed by atoms with Gasteiger partial charge in [0.1, 0.15) is 12.3 Å². The van der Waals surface area contributed by atoms with E-state index in [-0.39, 0.29) is 10.8 Å². The summed E-state index contributed by atoms with van der Waals surface area (Å²) in [4.78, 5) is 27.4. The lowest BCUT2D eigenvalue weighted by Crippen LogP contribution is -2.25. The van der Waals surface area contributed by atoms with E-state index in [1.165, 1.54) is 29.9 Å². The van der Waals surface area contributed by atoms with Crippen LogP contribution in [-0.2, 0) is 18.4 Å². The number of carboxylic acids is 1. The molecule has 0 radical (unpaired) electrons. The van der Waals surface area contributed by atoms with Crippen LogP contribution in [0.15, 0.2) is 35.3 Å². The molecule has 0 bridgehead atoms. The fourth-order valence-corrected chi connectivity index (χ4v) is 2.75. The first-order valence-corrected chi connectivity index (χ1v) is 7.67. The predicted molar refractivity (Wildman–Crippen MR) is 89.7 cm³/mol. The molecule has 26 heavy (non-hydrogen) atoms. The first-order chi connectivity index (χ1) is 12.3. The van der Waals surface area contributed by atoms with E-state index in [1.807, 2.05) is 0 Å². The number of hydrogen-bond acceptors (Lipinski definition) is 4. The maximum Gasteiger partial charge on any atom is 0.387 e. The van der Waals surface area contributed by atoms with Gasteiger partial charge in [-0.25, -0.2) is 9.78 Å². The number of pyridine rings is 1. The molecule has 0 saturated heterocycles. The van der Waals surface area contributed by atoms with Crippen molar-refractivity contribution in [1.82, 2.24) is 14.1 Å². The fraction of sp³-hybridized carbons (Fsp3) is 0.188. The van der Waals surface area contributed by atoms with Crippen molar-refractivity contribution in [2.45, 2.75) is 13.2 Å². The van der Waals surface area contributed by atoms with Crippen LogP contribution < -0.4 is 10.4 Å². The lowest BCUT2D eigenvalue weighted by Gasteiger charge is -2.09. The molecule has 0 unspecified atom stereocenters. The summed E-state index contributed by atoms with van der Waals surface area (Å²) in [5.74, 6) is -1.38. The maximum absolute atomic E-state index is 12.5. The summed E-state index contributed by atoms with van der Waals surface area (Å²) in [5, 5.41) is 9.02. The van der Waals surface area contributed by atoms with Crippen molar-refractivity contribution in [2.24, 2.45) is 7.05 Å². The summed E-state index contributed by atoms with van der Waals surface area (Å²) in [5.41, 5.74) is 1.04. The number of aryl methyl sites for hydroxylation is 1. The molecule has 0 amide bonds. The minimum absolute atomic E-state index is 0.0191. The summed E-state index contributed by atoms with van der Waals surface area (Å²) >= 11 is 5.84. The highest BCUT2D eigenvalue weighted by Crippen LogP contribution is 2.32. The highest BCUT2D eigenvalue weighted by molar-refractivity contribution is 6.32. The number of alkyl halides is 2. The minimum Gasteiger partial charge on any atom is -0.480 e. The SMILES string of the molecule is Cn1c(=O)n(CC(=O)O)c2cc(-c3ccc(Cl)c(OC(F)F)c3)cnc21. The van der Waals surface area contributed by atoms with Crippen molar-refractivity contribution in [3.8, 4) is 16.9 Å². The van der Waals surface area contributed by atoms with E-state index in [9.17, 15) is 18.4 Å². The van der Waals surface area contributed by atoms with Crippen LogP contribution in [0.4, 0.5) is 8.78 Å². The fourth-order valence-electron chi connectivity index (χ4n) is 2.59. The zero-order valence-electron chi connectivity index (χ0n) is 13.3. The van der Waals surface area contributed by atoms with Gasteiger partial charge in [0, 0.05) is 18.8 Å². The number of carbonyl (C=O) groups is 1. The molecule has 0 saturated carbocycles. The van der Waals surface area contributed by atoms with Crippen molar-refractivity contribution < 1.29 is 23.4 Å². The van der Waals surface area contributed by atoms with Gasteiger partial charge in [-0.05, 0) is 23.8 Å². The monoisotopic (exact) mass is 383 g/mol. The zero-order chi connectivity index (χ0) is 19.0. The lowest BCUT2D eigenvalue weighted by molar-refractivity contribution is -0.137. The summed E-state index contributed by atoms with van der Waals surface area (Å²) in [6.07, 6.45) is 1.45. The van der Waals surface area contributed by atoms with Crippen LogP contribution >= 0.6 is 11.6 Å². The van der Waals surface area contributed by atoms with Gasteiger partial charge in [-0.15, -0.1) is 0 Å². The number of rotatable bonds is 5. The van der Waals surface area contributed by atoms with Gasteiger partial charge in [-0.2, -0.15) is 8.78 Å². The number of halogens is 3. The molecule has 0 aliphatic rings. The molecule has 2 heterocycles. The largest absolute Gasteiger partial charge is 0.480 e. The number of benzene rings is 1. The van der Waals surface area contributed by atoms with Gasteiger partial charge in [-0.3, -0.25) is 13.9 Å². The first-order valence-electron chi connectivity index (χ1n) is 7.29. The Morgan fingerprint density at radius 3 is 2.73 bits per heavy atom. The van der Waals surface area contributed by atoms with E-state index < -0.39 is 24.8 Å². The number of aliphatic carboxylic acids is 1. The molecule has 2 aromatic heterocycles. The van der Waals surface area contributed by atoms with Crippen molar-refractivity contribution in [3.05, 3.63) is 46.0 Å². The van der Waals surface area contributed by atoms with E-state index in [0.29, 0.717) is 22.3 Å². The molecule has 0 aliphatic carbocycles. The van der Waals surface area contributed by atoms with Gasteiger partial charge >= 0.3 is 18.3 Å². The van der Waals surface area contributed by atoms with Gasteiger partial charge < -0.3 is 9.84 Å². The highest BCUT2D eigenvalue weighted by Gasteiger charge is 2.16. The molecule has 3 aromatic rings. The predicted octanol–water partition coefficient (Wildman–Crippen LogP) is 2.74. The van der Waals surface area contributed by atoms with Crippen LogP contribution in [0.3, 0.4) is 0 Å². The Morgan fingerprint density at radius 2 is 2.08 bits per heavy atom. The van der Waals surface area contributed by atoms with Crippen molar-refractivity contribution in [3.63, 3.8) is 0 Å². The standard InChI is InChI=1S/C16H12ClF2N3O4/c1-21-14-11(22(16(21)25)7-13(23)24)4-9(6-20-14)8-2-3-10(17)12(5-8)26-15(18)19/h2-6,15H,7H2,1H3,(H,23,24). The molecule has 3 rings (SSSR count). The molecule has 1 aromatic carbocycles. The van der Waals surface area contributed by atoms with Crippen LogP contribution in [0.25, 0.3) is 22.3 Å². The van der Waals surface area contributed by atoms with Gasteiger partial charge in [0.25, 0.3) is 0 Å². The first kappa shape index (κ1) is 17.9. The van der Waals surface area contributed by atoms with Crippen molar-refractivity contribution in [2.75, 3.05) is 0 Å². The Bertz CT molecular complexity index is 1060. The van der Waals surface area contributed by atoms with Gasteiger partial charge in [0.2, 0.25) is 0 Å². The number of imidazole rings is 1. The van der Waals surface area contributed by atoms with Gasteiger partial charge in [0.05, 0.1) is 10.5 Å². The maximum atomic E-state index is 12.5. The second kappa shape index (κ2) is 6.75. The Morgan fingerprint density at radius 1 is 1.35 bits per heavy atom. The molecule has 10 heteroatoms. The second-order valence-electron chi connectivity index (χ2n) is 5.41. The van der Waals surface area contributed by atoms with E-state index >= 15 is 0 Å². The van der Waals surface area contributed by atoms with E-state index in [1.54, 1.807) is 12.1 Å². The smallest absolute Gasteiger partial charge is 0.387 e. The topological polar surface area (TPSA) is 86.4 Å². The van der Waals surface area contributed by atoms with Crippen LogP contribution in [0.2, 0.25) is 5.02 Å². The zero-order valence-corrected chi connectivity index (χ0v) is 14.1. The molecular weight excluding hydrogens is 372 g/mol. The number of ether oxygens (including phenoxy) is 1. The average Bonchev–Trinajstić information content (AvgIpc) is 2.80. The van der Waals surface area contributed by atoms with E-state index in [2.05, 4.69) is 9.72 Å². The highest BCUT2D eigenvalue weighted by atomic mass is 35.5. The number of fused-ring (bicyclic) bond motifs is 1. The van der Waals surface area contributed by atoms with E-state index in [0.717, 1.165) is 4.57 Å². The van der Waals surface area contributed by atoms with Gasteiger partial charge in [0.15, 0.2) is 5.65 Å². The van der Waals surface area contributed by atoms with Crippen molar-refractivity contribution >= 4 is 28.7 Å². The molecule has 0 fully saturated rings. The summed E-state index contributed by atoms with van der Waals surface area (Å²) in [6, 6.07) is 5.85. The summed E-state index contributed by atoms with van der Waals surface area (Å²) in [6.45, 7) is -3.56. The van der Waals surface area contributed by atoms with E-state index in [4.69, 9.17) is 16.7 Å². The number of hydrogen-bond donors (Lipinski definition) is 1. The van der Waals surface area contributed by atoms with Crippen LogP contribution in [0.5, 0.6) is 5.75 Å². The Kier molecular flexibility index (Phi) is 4.64. The quantitative estimate of drug-likeness (QED) is 0.732. The third-order valence-corrected chi connectivity index (χ3v) is 4.06. The molecular formula is C16H12ClF2N3O4. The number of carboxylic acid groups (broad SMARTS) is 1. The van der Waals surface area contributed by atoms with Crippen LogP contribution in [0, 0.1) is 0 Å². The molecule has 7 nitrogen and oxygen atoms in total. The molecule has 0 spiro atoms. The third-order valence-electron chi connectivity index (χ3n) is 3.75. The molecule has 0 atom stereocenters. The van der Waals surface area contributed by atoms with Crippen LogP contribution in [-0.4, -0.2) is 31.8 Å². The lowest BCUT2D eigenvalue weighted by atomic mass is 10.1. The Labute approximate surface area is 150 Å². The number of nitrogens with zero attached hydrogens (tertiary/aromatic N) is 3. The van der Waals surface area contributed by atoms with Gasteiger partial charge in [-0.1, -0.05) is 17.7 Å². The normalized spacial score (nSPS) is 11.3. The molecule has 0 aliphatic heterocycles. The Balaban J connectivity index is 2.15. The molecule has 136 valence electrons. The molecule has 1 N–H and O–H groups in total. The third kappa shape index (κ3) is 3.25. The second-order valence-corrected chi connectivity index (χ2v) is 5.82. The Hall–Kier alpha value is -2.94. The minimum atomic E-state index is -3.03. The van der Waals surface area contributed by atoms with Crippen molar-refractivity contribution in [1.29, 1.82) is 0 Å². The summed E-state index contributed by atoms with van der Waals surface area (Å²) < 4.78 is 31.6. The summed E-state index contributed by atoms with van der Waals surface area (Å²) in [7, 11) is 1.48. The van der Waals surface area contributed by atoms with Crippen LogP contribution in [0.1, 0.15) is 0 Å².